The first-order chi connectivity index (χ1) is 9.43. The van der Waals surface area contributed by atoms with Crippen LogP contribution in [0.1, 0.15) is 32.6 Å². The fourth-order valence-corrected chi connectivity index (χ4v) is 2.79. The Kier molecular flexibility index (Phi) is 4.11. The summed E-state index contributed by atoms with van der Waals surface area (Å²) in [6, 6.07) is 1.72. The minimum atomic E-state index is -0.907. The van der Waals surface area contributed by atoms with E-state index in [1.807, 2.05) is 14.1 Å². The van der Waals surface area contributed by atoms with Crippen LogP contribution in [0.4, 0.5) is 11.8 Å². The summed E-state index contributed by atoms with van der Waals surface area (Å²) in [5.41, 5.74) is -0.907. The standard InChI is InChI=1S/C14H22N4O2/c1-10-5-4-7-14(9-10,12(19)20)17-11-6-8-15-13(16-11)18(2)3/h6,8,10H,4-5,7,9H2,1-3H3,(H,19,20)(H,15,16,17). The van der Waals surface area contributed by atoms with Gasteiger partial charge in [0.15, 0.2) is 0 Å². The number of carbonyl (C=O) groups is 1. The smallest absolute Gasteiger partial charge is 0.329 e. The maximum absolute atomic E-state index is 11.7. The van der Waals surface area contributed by atoms with E-state index in [9.17, 15) is 9.90 Å². The lowest BCUT2D eigenvalue weighted by atomic mass is 9.76. The molecule has 2 atom stereocenters. The fraction of sp³-hybridized carbons (Fsp3) is 0.643. The van der Waals surface area contributed by atoms with E-state index in [1.54, 1.807) is 17.2 Å². The molecule has 0 bridgehead atoms. The molecule has 6 nitrogen and oxygen atoms in total. The number of hydrogen-bond donors (Lipinski definition) is 2. The molecule has 2 rings (SSSR count). The molecule has 1 saturated carbocycles. The van der Waals surface area contributed by atoms with E-state index >= 15 is 0 Å². The van der Waals surface area contributed by atoms with Crippen LogP contribution in [-0.2, 0) is 4.79 Å². The van der Waals surface area contributed by atoms with E-state index < -0.39 is 11.5 Å². The van der Waals surface area contributed by atoms with E-state index in [-0.39, 0.29) is 0 Å². The molecule has 0 spiro atoms. The maximum atomic E-state index is 11.7. The normalized spacial score (nSPS) is 26.1. The summed E-state index contributed by atoms with van der Waals surface area (Å²) in [5, 5.41) is 12.8. The Morgan fingerprint density at radius 2 is 2.30 bits per heavy atom. The highest BCUT2D eigenvalue weighted by molar-refractivity contribution is 5.82. The molecule has 110 valence electrons. The number of rotatable bonds is 4. The van der Waals surface area contributed by atoms with Gasteiger partial charge in [-0.25, -0.2) is 9.78 Å². The Morgan fingerprint density at radius 3 is 2.90 bits per heavy atom. The average Bonchev–Trinajstić information content (AvgIpc) is 2.38. The van der Waals surface area contributed by atoms with Crippen molar-refractivity contribution in [3.63, 3.8) is 0 Å². The van der Waals surface area contributed by atoms with E-state index in [4.69, 9.17) is 0 Å². The van der Waals surface area contributed by atoms with Crippen molar-refractivity contribution in [3.8, 4) is 0 Å². The highest BCUT2D eigenvalue weighted by atomic mass is 16.4. The SMILES string of the molecule is CC1CCCC(Nc2ccnc(N(C)C)n2)(C(=O)O)C1. The van der Waals surface area contributed by atoms with E-state index in [1.165, 1.54) is 0 Å². The Hall–Kier alpha value is -1.85. The predicted molar refractivity (Wildman–Crippen MR) is 78.0 cm³/mol. The molecular formula is C14H22N4O2. The topological polar surface area (TPSA) is 78.4 Å². The van der Waals surface area contributed by atoms with Crippen LogP contribution in [0.25, 0.3) is 0 Å². The third-order valence-corrected chi connectivity index (χ3v) is 3.82. The third kappa shape index (κ3) is 3.00. The van der Waals surface area contributed by atoms with Crippen LogP contribution < -0.4 is 10.2 Å². The first-order valence-electron chi connectivity index (χ1n) is 6.95. The Morgan fingerprint density at radius 1 is 1.55 bits per heavy atom. The summed E-state index contributed by atoms with van der Waals surface area (Å²) in [4.78, 5) is 22.0. The molecule has 0 saturated heterocycles. The van der Waals surface area contributed by atoms with Gasteiger partial charge in [-0.15, -0.1) is 0 Å². The number of carboxylic acids is 1. The van der Waals surface area contributed by atoms with Crippen LogP contribution in [0.15, 0.2) is 12.3 Å². The minimum absolute atomic E-state index is 0.405. The molecule has 1 aliphatic carbocycles. The molecule has 20 heavy (non-hydrogen) atoms. The van der Waals surface area contributed by atoms with Gasteiger partial charge in [-0.1, -0.05) is 19.8 Å². The number of carboxylic acid groups (broad SMARTS) is 1. The molecule has 0 aliphatic heterocycles. The van der Waals surface area contributed by atoms with Crippen LogP contribution in [0.2, 0.25) is 0 Å². The molecule has 1 fully saturated rings. The summed E-state index contributed by atoms with van der Waals surface area (Å²) in [7, 11) is 3.71. The average molecular weight is 278 g/mol. The van der Waals surface area contributed by atoms with E-state index in [0.29, 0.717) is 30.5 Å². The van der Waals surface area contributed by atoms with Crippen LogP contribution in [0.3, 0.4) is 0 Å². The highest BCUT2D eigenvalue weighted by Gasteiger charge is 2.42. The van der Waals surface area contributed by atoms with Gasteiger partial charge in [0, 0.05) is 20.3 Å². The lowest BCUT2D eigenvalue weighted by molar-refractivity contribution is -0.144. The van der Waals surface area contributed by atoms with Crippen molar-refractivity contribution in [3.05, 3.63) is 12.3 Å². The van der Waals surface area contributed by atoms with E-state index in [0.717, 1.165) is 12.8 Å². The molecule has 0 radical (unpaired) electrons. The number of aliphatic carboxylic acids is 1. The second kappa shape index (κ2) is 5.64. The molecule has 6 heteroatoms. The molecule has 2 N–H and O–H groups in total. The van der Waals surface area contributed by atoms with Gasteiger partial charge in [-0.3, -0.25) is 0 Å². The van der Waals surface area contributed by atoms with Gasteiger partial charge < -0.3 is 15.3 Å². The molecule has 2 unspecified atom stereocenters. The zero-order valence-corrected chi connectivity index (χ0v) is 12.3. The lowest BCUT2D eigenvalue weighted by Gasteiger charge is -2.37. The van der Waals surface area contributed by atoms with Gasteiger partial charge in [0.25, 0.3) is 0 Å². The van der Waals surface area contributed by atoms with Crippen LogP contribution >= 0.6 is 0 Å². The van der Waals surface area contributed by atoms with Gasteiger partial charge in [0.05, 0.1) is 0 Å². The summed E-state index contributed by atoms with van der Waals surface area (Å²) in [6.07, 6.45) is 4.92. The molecule has 0 amide bonds. The highest BCUT2D eigenvalue weighted by Crippen LogP contribution is 2.35. The molecule has 1 heterocycles. The van der Waals surface area contributed by atoms with Crippen molar-refractivity contribution >= 4 is 17.7 Å². The summed E-state index contributed by atoms with van der Waals surface area (Å²) in [5.74, 6) is 0.746. The second-order valence-corrected chi connectivity index (χ2v) is 5.85. The third-order valence-electron chi connectivity index (χ3n) is 3.82. The van der Waals surface area contributed by atoms with Crippen LogP contribution in [0.5, 0.6) is 0 Å². The number of anilines is 2. The quantitative estimate of drug-likeness (QED) is 0.877. The van der Waals surface area contributed by atoms with Crippen molar-refractivity contribution in [1.29, 1.82) is 0 Å². The number of nitrogens with zero attached hydrogens (tertiary/aromatic N) is 3. The lowest BCUT2D eigenvalue weighted by Crippen LogP contribution is -2.49. The van der Waals surface area contributed by atoms with Crippen molar-refractivity contribution in [1.82, 2.24) is 9.97 Å². The molecule has 0 aromatic carbocycles. The summed E-state index contributed by atoms with van der Waals surface area (Å²) in [6.45, 7) is 2.10. The zero-order valence-electron chi connectivity index (χ0n) is 12.3. The van der Waals surface area contributed by atoms with Gasteiger partial charge in [0.2, 0.25) is 5.95 Å². The van der Waals surface area contributed by atoms with Gasteiger partial charge in [0.1, 0.15) is 11.4 Å². The maximum Gasteiger partial charge on any atom is 0.329 e. The summed E-state index contributed by atoms with van der Waals surface area (Å²) < 4.78 is 0. The molecule has 1 aromatic heterocycles. The molecule has 1 aliphatic rings. The van der Waals surface area contributed by atoms with Crippen molar-refractivity contribution in [2.45, 2.75) is 38.1 Å². The van der Waals surface area contributed by atoms with Crippen molar-refractivity contribution < 1.29 is 9.90 Å². The van der Waals surface area contributed by atoms with Gasteiger partial charge >= 0.3 is 5.97 Å². The van der Waals surface area contributed by atoms with Crippen molar-refractivity contribution in [2.24, 2.45) is 5.92 Å². The number of hydrogen-bond acceptors (Lipinski definition) is 5. The van der Waals surface area contributed by atoms with Gasteiger partial charge in [-0.2, -0.15) is 4.98 Å². The number of nitrogens with one attached hydrogen (secondary N) is 1. The van der Waals surface area contributed by atoms with Crippen LogP contribution in [0, 0.1) is 5.92 Å². The Labute approximate surface area is 119 Å². The van der Waals surface area contributed by atoms with Gasteiger partial charge in [-0.05, 0) is 24.8 Å². The van der Waals surface area contributed by atoms with Crippen LogP contribution in [-0.4, -0.2) is 40.7 Å². The largest absolute Gasteiger partial charge is 0.480 e. The first-order valence-corrected chi connectivity index (χ1v) is 6.95. The summed E-state index contributed by atoms with van der Waals surface area (Å²) >= 11 is 0. The Balaban J connectivity index is 2.24. The number of aromatic nitrogens is 2. The molecular weight excluding hydrogens is 256 g/mol. The monoisotopic (exact) mass is 278 g/mol. The fourth-order valence-electron chi connectivity index (χ4n) is 2.79. The predicted octanol–water partition coefficient (Wildman–Crippen LogP) is 1.99. The van der Waals surface area contributed by atoms with Crippen molar-refractivity contribution in [2.75, 3.05) is 24.3 Å². The first kappa shape index (κ1) is 14.6. The second-order valence-electron chi connectivity index (χ2n) is 5.85. The van der Waals surface area contributed by atoms with E-state index in [2.05, 4.69) is 22.2 Å². The Bertz CT molecular complexity index is 492. The zero-order chi connectivity index (χ0) is 14.8. The minimum Gasteiger partial charge on any atom is -0.480 e. The molecule has 1 aromatic rings.